The van der Waals surface area contributed by atoms with Crippen LogP contribution in [0, 0.1) is 19.7 Å². The van der Waals surface area contributed by atoms with Crippen molar-refractivity contribution in [3.8, 4) is 5.75 Å². The Morgan fingerprint density at radius 2 is 2.00 bits per heavy atom. The first-order valence-corrected chi connectivity index (χ1v) is 5.44. The van der Waals surface area contributed by atoms with Gasteiger partial charge in [-0.25, -0.2) is 4.39 Å². The summed E-state index contributed by atoms with van der Waals surface area (Å²) >= 11 is 0. The third-order valence-corrected chi connectivity index (χ3v) is 2.49. The Morgan fingerprint density at radius 3 is 2.71 bits per heavy atom. The number of rotatable bonds is 3. The molecule has 1 heterocycles. The van der Waals surface area contributed by atoms with Crippen molar-refractivity contribution < 1.29 is 9.13 Å². The van der Waals surface area contributed by atoms with E-state index in [1.54, 1.807) is 6.20 Å². The van der Waals surface area contributed by atoms with E-state index >= 15 is 0 Å². The summed E-state index contributed by atoms with van der Waals surface area (Å²) in [5, 5.41) is 0. The van der Waals surface area contributed by atoms with Gasteiger partial charge in [-0.2, -0.15) is 0 Å². The highest BCUT2D eigenvalue weighted by atomic mass is 19.1. The largest absolute Gasteiger partial charge is 0.489 e. The van der Waals surface area contributed by atoms with E-state index in [-0.39, 0.29) is 5.82 Å². The van der Waals surface area contributed by atoms with E-state index in [2.05, 4.69) is 11.1 Å². The van der Waals surface area contributed by atoms with E-state index < -0.39 is 0 Å². The highest BCUT2D eigenvalue weighted by molar-refractivity contribution is 5.35. The summed E-state index contributed by atoms with van der Waals surface area (Å²) in [4.78, 5) is 3.78. The van der Waals surface area contributed by atoms with Crippen molar-refractivity contribution in [2.75, 3.05) is 0 Å². The molecule has 3 heteroatoms. The van der Waals surface area contributed by atoms with Gasteiger partial charge in [-0.3, -0.25) is 4.98 Å². The van der Waals surface area contributed by atoms with Crippen LogP contribution in [0.25, 0.3) is 0 Å². The van der Waals surface area contributed by atoms with Gasteiger partial charge in [-0.05, 0) is 31.5 Å². The minimum Gasteiger partial charge on any atom is -0.489 e. The Kier molecular flexibility index (Phi) is 3.38. The Balaban J connectivity index is 2.07. The molecular weight excluding hydrogens is 217 g/mol. The van der Waals surface area contributed by atoms with E-state index in [0.29, 0.717) is 6.61 Å². The molecule has 0 spiro atoms. The number of aryl methyl sites for hydroxylation is 2. The molecule has 0 fully saturated rings. The number of hydrogen-bond acceptors (Lipinski definition) is 2. The molecular formula is C14H14FNO. The highest BCUT2D eigenvalue weighted by Crippen LogP contribution is 2.19. The van der Waals surface area contributed by atoms with Crippen LogP contribution in [0.15, 0.2) is 36.7 Å². The van der Waals surface area contributed by atoms with Crippen molar-refractivity contribution in [3.05, 3.63) is 59.2 Å². The summed E-state index contributed by atoms with van der Waals surface area (Å²) < 4.78 is 18.5. The van der Waals surface area contributed by atoms with Gasteiger partial charge in [0.15, 0.2) is 0 Å². The molecule has 0 saturated carbocycles. The SMILES string of the molecule is Cc1ccc(OCc2cncc(F)c2)c(C)c1. The zero-order valence-electron chi connectivity index (χ0n) is 9.90. The average molecular weight is 231 g/mol. The van der Waals surface area contributed by atoms with Crippen LogP contribution in [0.2, 0.25) is 0 Å². The van der Waals surface area contributed by atoms with Crippen molar-refractivity contribution in [3.63, 3.8) is 0 Å². The van der Waals surface area contributed by atoms with Gasteiger partial charge in [-0.1, -0.05) is 17.7 Å². The fourth-order valence-corrected chi connectivity index (χ4v) is 1.66. The molecule has 1 aromatic carbocycles. The minimum atomic E-state index is -0.341. The lowest BCUT2D eigenvalue weighted by Crippen LogP contribution is -1.98. The van der Waals surface area contributed by atoms with E-state index in [4.69, 9.17) is 4.74 Å². The zero-order valence-corrected chi connectivity index (χ0v) is 9.90. The summed E-state index contributed by atoms with van der Waals surface area (Å²) in [7, 11) is 0. The molecule has 0 saturated heterocycles. The van der Waals surface area contributed by atoms with Crippen LogP contribution in [-0.2, 0) is 6.61 Å². The molecule has 0 N–H and O–H groups in total. The molecule has 17 heavy (non-hydrogen) atoms. The first-order chi connectivity index (χ1) is 8.15. The van der Waals surface area contributed by atoms with Gasteiger partial charge in [0.05, 0.1) is 6.20 Å². The molecule has 0 amide bonds. The quantitative estimate of drug-likeness (QED) is 0.807. The van der Waals surface area contributed by atoms with Crippen LogP contribution in [0.5, 0.6) is 5.75 Å². The van der Waals surface area contributed by atoms with Gasteiger partial charge in [0, 0.05) is 11.8 Å². The third-order valence-electron chi connectivity index (χ3n) is 2.49. The smallest absolute Gasteiger partial charge is 0.141 e. The molecule has 1 aromatic heterocycles. The Bertz CT molecular complexity index is 525. The lowest BCUT2D eigenvalue weighted by Gasteiger charge is -2.09. The second-order valence-electron chi connectivity index (χ2n) is 4.07. The third kappa shape index (κ3) is 3.03. The molecule has 88 valence electrons. The molecule has 0 bridgehead atoms. The van der Waals surface area contributed by atoms with E-state index in [1.807, 2.05) is 26.0 Å². The van der Waals surface area contributed by atoms with Crippen LogP contribution in [0.1, 0.15) is 16.7 Å². The zero-order chi connectivity index (χ0) is 12.3. The number of pyridine rings is 1. The summed E-state index contributed by atoms with van der Waals surface area (Å²) in [5.41, 5.74) is 3.00. The van der Waals surface area contributed by atoms with E-state index in [9.17, 15) is 4.39 Å². The topological polar surface area (TPSA) is 22.1 Å². The van der Waals surface area contributed by atoms with Crippen molar-refractivity contribution in [2.45, 2.75) is 20.5 Å². The highest BCUT2D eigenvalue weighted by Gasteiger charge is 2.01. The van der Waals surface area contributed by atoms with E-state index in [0.717, 1.165) is 16.9 Å². The first-order valence-electron chi connectivity index (χ1n) is 5.44. The number of hydrogen-bond donors (Lipinski definition) is 0. The van der Waals surface area contributed by atoms with Gasteiger partial charge in [0.25, 0.3) is 0 Å². The normalized spacial score (nSPS) is 10.3. The molecule has 2 rings (SSSR count). The maximum atomic E-state index is 12.9. The summed E-state index contributed by atoms with van der Waals surface area (Å²) in [6.07, 6.45) is 2.78. The monoisotopic (exact) mass is 231 g/mol. The number of aromatic nitrogens is 1. The van der Waals surface area contributed by atoms with E-state index in [1.165, 1.54) is 17.8 Å². The maximum Gasteiger partial charge on any atom is 0.141 e. The summed E-state index contributed by atoms with van der Waals surface area (Å²) in [6.45, 7) is 4.36. The molecule has 0 radical (unpaired) electrons. The van der Waals surface area contributed by atoms with Crippen LogP contribution < -0.4 is 4.74 Å². The van der Waals surface area contributed by atoms with Crippen LogP contribution in [-0.4, -0.2) is 4.98 Å². The van der Waals surface area contributed by atoms with Gasteiger partial charge >= 0.3 is 0 Å². The molecule has 2 aromatic rings. The Hall–Kier alpha value is -1.90. The standard InChI is InChI=1S/C14H14FNO/c1-10-3-4-14(11(2)5-10)17-9-12-6-13(15)8-16-7-12/h3-8H,9H2,1-2H3. The predicted octanol–water partition coefficient (Wildman–Crippen LogP) is 3.42. The maximum absolute atomic E-state index is 12.9. The second-order valence-corrected chi connectivity index (χ2v) is 4.07. The molecule has 0 unspecified atom stereocenters. The van der Waals surface area contributed by atoms with Crippen LogP contribution >= 0.6 is 0 Å². The lowest BCUT2D eigenvalue weighted by atomic mass is 10.1. The van der Waals surface area contributed by atoms with Gasteiger partial charge < -0.3 is 4.74 Å². The summed E-state index contributed by atoms with van der Waals surface area (Å²) in [5.74, 6) is 0.478. The Morgan fingerprint density at radius 1 is 1.18 bits per heavy atom. The number of nitrogens with zero attached hydrogens (tertiary/aromatic N) is 1. The lowest BCUT2D eigenvalue weighted by molar-refractivity contribution is 0.303. The van der Waals surface area contributed by atoms with Crippen molar-refractivity contribution >= 4 is 0 Å². The van der Waals surface area contributed by atoms with Crippen molar-refractivity contribution in [1.29, 1.82) is 0 Å². The molecule has 0 aliphatic carbocycles. The molecule has 0 aliphatic heterocycles. The average Bonchev–Trinajstić information content (AvgIpc) is 2.28. The fourth-order valence-electron chi connectivity index (χ4n) is 1.66. The first kappa shape index (κ1) is 11.6. The fraction of sp³-hybridized carbons (Fsp3) is 0.214. The van der Waals surface area contributed by atoms with Crippen LogP contribution in [0.3, 0.4) is 0 Å². The number of halogens is 1. The Labute approximate surface area is 100 Å². The van der Waals surface area contributed by atoms with Gasteiger partial charge in [0.2, 0.25) is 0 Å². The summed E-state index contributed by atoms with van der Waals surface area (Å²) in [6, 6.07) is 7.40. The molecule has 0 atom stereocenters. The number of ether oxygens (including phenoxy) is 1. The molecule has 2 nitrogen and oxygen atoms in total. The molecule has 0 aliphatic rings. The van der Waals surface area contributed by atoms with Crippen molar-refractivity contribution in [2.24, 2.45) is 0 Å². The van der Waals surface area contributed by atoms with Crippen molar-refractivity contribution in [1.82, 2.24) is 4.98 Å². The second kappa shape index (κ2) is 4.95. The van der Waals surface area contributed by atoms with Crippen LogP contribution in [0.4, 0.5) is 4.39 Å². The van der Waals surface area contributed by atoms with Gasteiger partial charge in [0.1, 0.15) is 18.2 Å². The predicted molar refractivity (Wildman–Crippen MR) is 64.4 cm³/mol. The van der Waals surface area contributed by atoms with Gasteiger partial charge in [-0.15, -0.1) is 0 Å². The number of benzene rings is 1. The minimum absolute atomic E-state index is 0.328.